The highest BCUT2D eigenvalue weighted by Crippen LogP contribution is 2.24. The standard InChI is InChI=1S/C13H24N2OS/c1-13(2,3)17-12(16)15-11-9-7-5-4-6-8-10(11)14/h4-5,10-11H,6-9,14H2,1-3H3,(H,15,16)/b5-4+/t10-,11+/m0/s1. The van der Waals surface area contributed by atoms with E-state index in [0.29, 0.717) is 0 Å². The zero-order chi connectivity index (χ0) is 12.9. The lowest BCUT2D eigenvalue weighted by Crippen LogP contribution is -2.47. The topological polar surface area (TPSA) is 55.1 Å². The lowest BCUT2D eigenvalue weighted by atomic mass is 9.96. The Kier molecular flexibility index (Phi) is 5.53. The minimum atomic E-state index is -0.0459. The maximum atomic E-state index is 11.8. The second-order valence-corrected chi connectivity index (χ2v) is 7.34. The molecule has 2 atom stereocenters. The molecular formula is C13H24N2OS. The molecule has 0 heterocycles. The van der Waals surface area contributed by atoms with Crippen molar-refractivity contribution < 1.29 is 4.79 Å². The molecule has 0 saturated heterocycles. The summed E-state index contributed by atoms with van der Waals surface area (Å²) in [4.78, 5) is 11.8. The SMILES string of the molecule is CC(C)(C)SC(=O)N[C@@H]1CC/C=C/CC[C@@H]1N. The summed E-state index contributed by atoms with van der Waals surface area (Å²) in [6.45, 7) is 6.12. The van der Waals surface area contributed by atoms with Crippen molar-refractivity contribution in [1.82, 2.24) is 5.32 Å². The third kappa shape index (κ3) is 6.13. The summed E-state index contributed by atoms with van der Waals surface area (Å²) in [5.74, 6) is 0. The van der Waals surface area contributed by atoms with Crippen LogP contribution in [0, 0.1) is 0 Å². The third-order valence-electron chi connectivity index (χ3n) is 2.70. The van der Waals surface area contributed by atoms with Crippen LogP contribution in [0.5, 0.6) is 0 Å². The lowest BCUT2D eigenvalue weighted by Gasteiger charge is -2.27. The van der Waals surface area contributed by atoms with Crippen molar-refractivity contribution in [2.75, 3.05) is 0 Å². The largest absolute Gasteiger partial charge is 0.343 e. The van der Waals surface area contributed by atoms with Crippen LogP contribution < -0.4 is 11.1 Å². The molecule has 0 radical (unpaired) electrons. The van der Waals surface area contributed by atoms with E-state index in [1.165, 1.54) is 11.8 Å². The molecule has 1 aliphatic carbocycles. The number of amides is 1. The molecule has 98 valence electrons. The van der Waals surface area contributed by atoms with Gasteiger partial charge in [0.05, 0.1) is 0 Å². The summed E-state index contributed by atoms with van der Waals surface area (Å²) >= 11 is 1.34. The Morgan fingerprint density at radius 2 is 1.88 bits per heavy atom. The van der Waals surface area contributed by atoms with Crippen LogP contribution >= 0.6 is 11.8 Å². The Morgan fingerprint density at radius 1 is 1.29 bits per heavy atom. The molecule has 0 saturated carbocycles. The molecule has 4 heteroatoms. The molecule has 3 nitrogen and oxygen atoms in total. The molecule has 0 aromatic heterocycles. The molecule has 1 aliphatic rings. The van der Waals surface area contributed by atoms with Gasteiger partial charge in [0.1, 0.15) is 0 Å². The first-order valence-corrected chi connectivity index (χ1v) is 7.10. The van der Waals surface area contributed by atoms with Crippen molar-refractivity contribution in [2.45, 2.75) is 63.3 Å². The van der Waals surface area contributed by atoms with Crippen LogP contribution in [0.4, 0.5) is 4.79 Å². The van der Waals surface area contributed by atoms with Crippen molar-refractivity contribution >= 4 is 17.0 Å². The van der Waals surface area contributed by atoms with Gasteiger partial charge in [0.15, 0.2) is 0 Å². The minimum absolute atomic E-state index is 0.0440. The van der Waals surface area contributed by atoms with Crippen LogP contribution in [-0.2, 0) is 0 Å². The number of allylic oxidation sites excluding steroid dienone is 2. The van der Waals surface area contributed by atoms with Crippen molar-refractivity contribution in [3.63, 3.8) is 0 Å². The van der Waals surface area contributed by atoms with E-state index in [2.05, 4.69) is 17.5 Å². The molecule has 0 spiro atoms. The summed E-state index contributed by atoms with van der Waals surface area (Å²) < 4.78 is -0.0459. The lowest BCUT2D eigenvalue weighted by molar-refractivity contribution is 0.253. The highest BCUT2D eigenvalue weighted by Gasteiger charge is 2.23. The zero-order valence-corrected chi connectivity index (χ0v) is 11.8. The van der Waals surface area contributed by atoms with Gasteiger partial charge in [-0.25, -0.2) is 0 Å². The number of rotatable bonds is 1. The number of hydrogen-bond acceptors (Lipinski definition) is 3. The maximum Gasteiger partial charge on any atom is 0.279 e. The van der Waals surface area contributed by atoms with E-state index in [-0.39, 0.29) is 22.1 Å². The highest BCUT2D eigenvalue weighted by atomic mass is 32.2. The first-order valence-electron chi connectivity index (χ1n) is 6.28. The summed E-state index contributed by atoms with van der Waals surface area (Å²) in [6.07, 6.45) is 8.26. The summed E-state index contributed by atoms with van der Waals surface area (Å²) in [5, 5.41) is 3.10. The van der Waals surface area contributed by atoms with Crippen LogP contribution in [0.25, 0.3) is 0 Å². The van der Waals surface area contributed by atoms with Gasteiger partial charge in [0.2, 0.25) is 0 Å². The van der Waals surface area contributed by atoms with Gasteiger partial charge in [-0.3, -0.25) is 4.79 Å². The van der Waals surface area contributed by atoms with Crippen LogP contribution in [0.15, 0.2) is 12.2 Å². The minimum Gasteiger partial charge on any atom is -0.343 e. The second kappa shape index (κ2) is 6.45. The quantitative estimate of drug-likeness (QED) is 0.709. The van der Waals surface area contributed by atoms with Gasteiger partial charge in [-0.15, -0.1) is 0 Å². The van der Waals surface area contributed by atoms with Gasteiger partial charge in [0.25, 0.3) is 5.24 Å². The van der Waals surface area contributed by atoms with Crippen molar-refractivity contribution in [2.24, 2.45) is 5.73 Å². The normalized spacial score (nSPS) is 28.0. The highest BCUT2D eigenvalue weighted by molar-refractivity contribution is 8.14. The third-order valence-corrected chi connectivity index (χ3v) is 3.61. The Bertz CT molecular complexity index is 284. The fourth-order valence-corrected chi connectivity index (χ4v) is 2.62. The molecule has 1 rings (SSSR count). The number of carbonyl (C=O) groups is 1. The molecule has 0 aromatic carbocycles. The van der Waals surface area contributed by atoms with E-state index in [9.17, 15) is 4.79 Å². The van der Waals surface area contributed by atoms with Crippen LogP contribution in [0.1, 0.15) is 46.5 Å². The molecule has 0 aliphatic heterocycles. The van der Waals surface area contributed by atoms with Crippen LogP contribution in [0.2, 0.25) is 0 Å². The Balaban J connectivity index is 2.47. The van der Waals surface area contributed by atoms with E-state index in [0.717, 1.165) is 25.7 Å². The van der Waals surface area contributed by atoms with Crippen molar-refractivity contribution in [1.29, 1.82) is 0 Å². The monoisotopic (exact) mass is 256 g/mol. The van der Waals surface area contributed by atoms with Crippen LogP contribution in [0.3, 0.4) is 0 Å². The first kappa shape index (κ1) is 14.6. The molecule has 0 bridgehead atoms. The average molecular weight is 256 g/mol. The molecule has 0 fully saturated rings. The smallest absolute Gasteiger partial charge is 0.279 e. The van der Waals surface area contributed by atoms with Gasteiger partial charge in [-0.05, 0) is 25.7 Å². The number of nitrogens with two attached hydrogens (primary N) is 1. The first-order chi connectivity index (χ1) is 7.88. The average Bonchev–Trinajstić information content (AvgIpc) is 2.15. The number of nitrogens with one attached hydrogen (secondary N) is 1. The zero-order valence-electron chi connectivity index (χ0n) is 11.0. The number of thioether (sulfide) groups is 1. The molecule has 1 amide bonds. The van der Waals surface area contributed by atoms with E-state index < -0.39 is 0 Å². The van der Waals surface area contributed by atoms with Gasteiger partial charge in [-0.2, -0.15) is 0 Å². The van der Waals surface area contributed by atoms with E-state index in [1.807, 2.05) is 20.8 Å². The summed E-state index contributed by atoms with van der Waals surface area (Å²) in [6, 6.07) is 0.187. The number of hydrogen-bond donors (Lipinski definition) is 2. The Morgan fingerprint density at radius 3 is 2.47 bits per heavy atom. The molecule has 17 heavy (non-hydrogen) atoms. The predicted octanol–water partition coefficient (Wildman–Crippen LogP) is 3.05. The van der Waals surface area contributed by atoms with Gasteiger partial charge in [0, 0.05) is 16.8 Å². The van der Waals surface area contributed by atoms with E-state index in [4.69, 9.17) is 5.73 Å². The fraction of sp³-hybridized carbons (Fsp3) is 0.769. The molecule has 3 N–H and O–H groups in total. The number of carbonyl (C=O) groups excluding carboxylic acids is 1. The fourth-order valence-electron chi connectivity index (χ4n) is 1.85. The van der Waals surface area contributed by atoms with Gasteiger partial charge in [-0.1, -0.05) is 44.7 Å². The molecule has 0 unspecified atom stereocenters. The Hall–Kier alpha value is -0.480. The predicted molar refractivity (Wildman–Crippen MR) is 75.2 cm³/mol. The van der Waals surface area contributed by atoms with E-state index in [1.54, 1.807) is 0 Å². The van der Waals surface area contributed by atoms with Crippen molar-refractivity contribution in [3.8, 4) is 0 Å². The van der Waals surface area contributed by atoms with Gasteiger partial charge >= 0.3 is 0 Å². The van der Waals surface area contributed by atoms with E-state index >= 15 is 0 Å². The maximum absolute atomic E-state index is 11.8. The molecule has 0 aromatic rings. The second-order valence-electron chi connectivity index (χ2n) is 5.54. The summed E-state index contributed by atoms with van der Waals surface area (Å²) in [7, 11) is 0. The van der Waals surface area contributed by atoms with Gasteiger partial charge < -0.3 is 11.1 Å². The van der Waals surface area contributed by atoms with Crippen LogP contribution in [-0.4, -0.2) is 22.1 Å². The van der Waals surface area contributed by atoms with Crippen molar-refractivity contribution in [3.05, 3.63) is 12.2 Å². The summed E-state index contributed by atoms with van der Waals surface area (Å²) in [5.41, 5.74) is 6.10. The Labute approximate surface area is 109 Å². The molecular weight excluding hydrogens is 232 g/mol.